The number of aliphatic hydroxyl groups is 4. The maximum Gasteiger partial charge on any atom is 1.00 e. The Morgan fingerprint density at radius 2 is 0.962 bits per heavy atom. The molecular weight excluding hydrogens is 486 g/mol. The SMILES string of the molecule is O=S([O-])C[C@H](O)[C@@H](O)CSSCCSSC[C@H](O)[C@@H](O)CS(=O)[O-].[Na+].[Na+]. The molecular formula is C10H20Na2O8S6. The van der Waals surface area contributed by atoms with Crippen LogP contribution in [0.2, 0.25) is 0 Å². The Morgan fingerprint density at radius 1 is 0.654 bits per heavy atom. The molecule has 0 saturated carbocycles. The summed E-state index contributed by atoms with van der Waals surface area (Å²) in [4.78, 5) is 0. The summed E-state index contributed by atoms with van der Waals surface area (Å²) in [6.07, 6.45) is -4.80. The Balaban J connectivity index is -0.00000264. The molecule has 0 saturated heterocycles. The third-order valence-electron chi connectivity index (χ3n) is 2.40. The van der Waals surface area contributed by atoms with Crippen LogP contribution in [0.1, 0.15) is 0 Å². The Labute approximate surface area is 218 Å². The van der Waals surface area contributed by atoms with Gasteiger partial charge in [0.1, 0.15) is 0 Å². The van der Waals surface area contributed by atoms with Gasteiger partial charge in [-0.3, -0.25) is 8.42 Å². The molecule has 0 amide bonds. The van der Waals surface area contributed by atoms with Crippen molar-refractivity contribution in [2.24, 2.45) is 0 Å². The van der Waals surface area contributed by atoms with Crippen LogP contribution in [0.25, 0.3) is 0 Å². The van der Waals surface area contributed by atoms with Crippen molar-refractivity contribution in [3.63, 3.8) is 0 Å². The monoisotopic (exact) mass is 506 g/mol. The van der Waals surface area contributed by atoms with Crippen molar-refractivity contribution in [2.75, 3.05) is 34.5 Å². The number of hydrogen-bond donors (Lipinski definition) is 4. The Bertz CT molecular complexity index is 351. The van der Waals surface area contributed by atoms with Crippen LogP contribution >= 0.6 is 43.2 Å². The molecule has 0 aromatic carbocycles. The zero-order chi connectivity index (χ0) is 18.5. The quantitative estimate of drug-likeness (QED) is 0.0720. The van der Waals surface area contributed by atoms with Gasteiger partial charge in [0.25, 0.3) is 0 Å². The molecule has 146 valence electrons. The van der Waals surface area contributed by atoms with Gasteiger partial charge in [-0.2, -0.15) is 0 Å². The van der Waals surface area contributed by atoms with E-state index in [0.29, 0.717) is 0 Å². The second kappa shape index (κ2) is 21.7. The molecule has 0 spiro atoms. The molecule has 0 aliphatic rings. The minimum Gasteiger partial charge on any atom is -0.772 e. The summed E-state index contributed by atoms with van der Waals surface area (Å²) in [5, 5.41) is 37.8. The first-order valence-corrected chi connectivity index (χ1v) is 14.0. The first-order chi connectivity index (χ1) is 11.2. The molecule has 0 radical (unpaired) electrons. The van der Waals surface area contributed by atoms with Crippen LogP contribution < -0.4 is 59.1 Å². The molecule has 0 aliphatic heterocycles. The number of hydrogen-bond acceptors (Lipinski definition) is 12. The Morgan fingerprint density at radius 3 is 1.23 bits per heavy atom. The predicted octanol–water partition coefficient (Wildman–Crippen LogP) is -7.04. The average Bonchev–Trinajstić information content (AvgIpc) is 2.47. The maximum atomic E-state index is 10.4. The summed E-state index contributed by atoms with van der Waals surface area (Å²) in [6, 6.07) is 0. The predicted molar refractivity (Wildman–Crippen MR) is 101 cm³/mol. The van der Waals surface area contributed by atoms with Crippen molar-refractivity contribution in [2.45, 2.75) is 24.4 Å². The van der Waals surface area contributed by atoms with Gasteiger partial charge in [0.2, 0.25) is 0 Å². The van der Waals surface area contributed by atoms with Crippen molar-refractivity contribution < 1.29 is 97.1 Å². The van der Waals surface area contributed by atoms with E-state index in [-0.39, 0.29) is 70.6 Å². The van der Waals surface area contributed by atoms with Crippen LogP contribution in [0.15, 0.2) is 0 Å². The first kappa shape index (κ1) is 34.1. The molecule has 0 aliphatic carbocycles. The fraction of sp³-hybridized carbons (Fsp3) is 1.00. The van der Waals surface area contributed by atoms with E-state index in [9.17, 15) is 37.9 Å². The van der Waals surface area contributed by atoms with Gasteiger partial charge in [-0.1, -0.05) is 65.3 Å². The normalized spacial score (nSPS) is 17.9. The topological polar surface area (TPSA) is 161 Å². The smallest absolute Gasteiger partial charge is 0.772 e. The molecule has 0 aromatic heterocycles. The number of aliphatic hydroxyl groups excluding tert-OH is 4. The molecule has 0 heterocycles. The van der Waals surface area contributed by atoms with Gasteiger partial charge in [-0.05, 0) is 0 Å². The number of rotatable bonds is 15. The summed E-state index contributed by atoms with van der Waals surface area (Å²) in [6.45, 7) is 0. The second-order valence-electron chi connectivity index (χ2n) is 4.42. The standard InChI is InChI=1S/C10H22O8S6.2Na/c11-7(9(13)5-23(15)16)3-21-19-1-2-20-22-4-8(12)10(14)6-24(17)18;;/h7-14H,1-6H2,(H,15,16)(H,17,18);;/q;2*+1/p-2/t7-,8-,9-,10-;;/m0../s1. The van der Waals surface area contributed by atoms with Gasteiger partial charge in [0.15, 0.2) is 0 Å². The summed E-state index contributed by atoms with van der Waals surface area (Å²) in [7, 11) is 5.55. The minimum atomic E-state index is -2.39. The Hall–Kier alpha value is 3.46. The van der Waals surface area contributed by atoms with E-state index >= 15 is 0 Å². The zero-order valence-electron chi connectivity index (χ0n) is 14.4. The van der Waals surface area contributed by atoms with Crippen molar-refractivity contribution in [1.82, 2.24) is 0 Å². The Kier molecular flexibility index (Phi) is 28.4. The van der Waals surface area contributed by atoms with Crippen LogP contribution in [0, 0.1) is 0 Å². The molecule has 4 N–H and O–H groups in total. The van der Waals surface area contributed by atoms with E-state index < -0.39 is 58.1 Å². The average molecular weight is 507 g/mol. The summed E-state index contributed by atoms with van der Waals surface area (Å²) < 4.78 is 41.5. The van der Waals surface area contributed by atoms with Gasteiger partial charge in [0, 0.05) is 34.5 Å². The molecule has 6 atom stereocenters. The molecule has 8 nitrogen and oxygen atoms in total. The molecule has 26 heavy (non-hydrogen) atoms. The first-order valence-electron chi connectivity index (χ1n) is 6.56. The largest absolute Gasteiger partial charge is 1.00 e. The summed E-state index contributed by atoms with van der Waals surface area (Å²) in [5.74, 6) is 0.875. The van der Waals surface area contributed by atoms with E-state index in [1.54, 1.807) is 0 Å². The van der Waals surface area contributed by atoms with Crippen LogP contribution in [0.3, 0.4) is 0 Å². The van der Waals surface area contributed by atoms with Crippen molar-refractivity contribution in [3.05, 3.63) is 0 Å². The van der Waals surface area contributed by atoms with E-state index in [1.807, 2.05) is 0 Å². The summed E-state index contributed by atoms with van der Waals surface area (Å²) in [5.41, 5.74) is 0. The molecule has 0 bridgehead atoms. The fourth-order valence-corrected chi connectivity index (χ4v) is 7.19. The third kappa shape index (κ3) is 20.7. The van der Waals surface area contributed by atoms with Crippen LogP contribution in [0.5, 0.6) is 0 Å². The fourth-order valence-electron chi connectivity index (χ4n) is 1.14. The van der Waals surface area contributed by atoms with E-state index in [4.69, 9.17) is 0 Å². The van der Waals surface area contributed by atoms with E-state index in [2.05, 4.69) is 0 Å². The van der Waals surface area contributed by atoms with Gasteiger partial charge in [-0.15, -0.1) is 0 Å². The van der Waals surface area contributed by atoms with Gasteiger partial charge < -0.3 is 29.5 Å². The minimum absolute atomic E-state index is 0. The molecule has 0 rings (SSSR count). The van der Waals surface area contributed by atoms with Crippen LogP contribution in [-0.2, 0) is 22.2 Å². The molecule has 2 unspecified atom stereocenters. The van der Waals surface area contributed by atoms with E-state index in [1.165, 1.54) is 43.2 Å². The van der Waals surface area contributed by atoms with Gasteiger partial charge in [-0.25, -0.2) is 0 Å². The van der Waals surface area contributed by atoms with Crippen LogP contribution in [-0.4, -0.2) is 96.9 Å². The molecule has 16 heteroatoms. The van der Waals surface area contributed by atoms with Crippen molar-refractivity contribution >= 4 is 65.3 Å². The summed E-state index contributed by atoms with van der Waals surface area (Å²) >= 11 is -4.79. The van der Waals surface area contributed by atoms with Gasteiger partial charge >= 0.3 is 59.1 Å². The van der Waals surface area contributed by atoms with Crippen LogP contribution in [0.4, 0.5) is 0 Å². The second-order valence-corrected chi connectivity index (χ2v) is 11.6. The third-order valence-corrected chi connectivity index (χ3v) is 8.73. The zero-order valence-corrected chi connectivity index (χ0v) is 23.3. The maximum absolute atomic E-state index is 10.4. The van der Waals surface area contributed by atoms with Crippen molar-refractivity contribution in [1.29, 1.82) is 0 Å². The van der Waals surface area contributed by atoms with Gasteiger partial charge in [0.05, 0.1) is 24.4 Å². The van der Waals surface area contributed by atoms with Crippen molar-refractivity contribution in [3.8, 4) is 0 Å². The molecule has 0 fully saturated rings. The van der Waals surface area contributed by atoms with E-state index in [0.717, 1.165) is 11.5 Å². The molecule has 0 aromatic rings.